The molecule has 118 valence electrons. The second-order valence-corrected chi connectivity index (χ2v) is 4.25. The van der Waals surface area contributed by atoms with Crippen LogP contribution in [0.4, 0.5) is 18.9 Å². The summed E-state index contributed by atoms with van der Waals surface area (Å²) in [5.74, 6) is -0.954. The number of nitrogens with zero attached hydrogens (tertiary/aromatic N) is 2. The van der Waals surface area contributed by atoms with Gasteiger partial charge < -0.3 is 5.11 Å². The summed E-state index contributed by atoms with van der Waals surface area (Å²) in [6.07, 6.45) is -2.31. The lowest BCUT2D eigenvalue weighted by atomic mass is 10.2. The zero-order valence-electron chi connectivity index (χ0n) is 11.7. The van der Waals surface area contributed by atoms with Crippen LogP contribution in [0.3, 0.4) is 0 Å². The number of amidine groups is 1. The number of aromatic hydroxyl groups is 1. The van der Waals surface area contributed by atoms with Crippen molar-refractivity contribution in [1.29, 1.82) is 0 Å². The highest BCUT2D eigenvalue weighted by Gasteiger charge is 2.46. The average molecular weight is 324 g/mol. The SMILES string of the molecule is CCCC1NN=C(C(F)(F)F)N1c1ccc(O)cc1.CCl. The molecule has 1 aliphatic rings. The van der Waals surface area contributed by atoms with Gasteiger partial charge in [-0.3, -0.25) is 10.3 Å². The van der Waals surface area contributed by atoms with Crippen LogP contribution < -0.4 is 10.3 Å². The van der Waals surface area contributed by atoms with E-state index in [2.05, 4.69) is 22.1 Å². The summed E-state index contributed by atoms with van der Waals surface area (Å²) in [5.41, 5.74) is 2.85. The molecule has 21 heavy (non-hydrogen) atoms. The fourth-order valence-corrected chi connectivity index (χ4v) is 1.98. The molecule has 2 N–H and O–H groups in total. The molecule has 1 aliphatic heterocycles. The molecule has 2 rings (SSSR count). The topological polar surface area (TPSA) is 47.9 Å². The number of phenolic OH excluding ortho intramolecular Hbond substituents is 1. The lowest BCUT2D eigenvalue weighted by Gasteiger charge is -2.27. The summed E-state index contributed by atoms with van der Waals surface area (Å²) in [5, 5.41) is 12.6. The van der Waals surface area contributed by atoms with E-state index < -0.39 is 18.2 Å². The number of alkyl halides is 4. The van der Waals surface area contributed by atoms with Crippen LogP contribution in [0, 0.1) is 0 Å². The van der Waals surface area contributed by atoms with Crippen LogP contribution in [-0.4, -0.2) is 29.7 Å². The summed E-state index contributed by atoms with van der Waals surface area (Å²) in [7, 11) is 0. The van der Waals surface area contributed by atoms with Crippen LogP contribution in [0.25, 0.3) is 0 Å². The molecule has 1 aromatic rings. The molecule has 0 aromatic heterocycles. The van der Waals surface area contributed by atoms with E-state index in [1.807, 2.05) is 6.92 Å². The number of rotatable bonds is 3. The van der Waals surface area contributed by atoms with E-state index >= 15 is 0 Å². The average Bonchev–Trinajstić information content (AvgIpc) is 2.86. The Morgan fingerprint density at radius 1 is 1.29 bits per heavy atom. The minimum absolute atomic E-state index is 0.00782. The van der Waals surface area contributed by atoms with Gasteiger partial charge in [0, 0.05) is 12.1 Å². The zero-order valence-corrected chi connectivity index (χ0v) is 12.4. The third-order valence-corrected chi connectivity index (χ3v) is 2.80. The van der Waals surface area contributed by atoms with Crippen LogP contribution >= 0.6 is 11.6 Å². The lowest BCUT2D eigenvalue weighted by Crippen LogP contribution is -2.45. The summed E-state index contributed by atoms with van der Waals surface area (Å²) < 4.78 is 38.8. The van der Waals surface area contributed by atoms with Crippen LogP contribution in [0.2, 0.25) is 0 Å². The Morgan fingerprint density at radius 2 is 1.86 bits per heavy atom. The number of hydrogen-bond acceptors (Lipinski definition) is 4. The molecule has 1 aromatic carbocycles. The van der Waals surface area contributed by atoms with Gasteiger partial charge in [-0.15, -0.1) is 11.6 Å². The van der Waals surface area contributed by atoms with E-state index in [-0.39, 0.29) is 5.75 Å². The maximum Gasteiger partial charge on any atom is 0.451 e. The van der Waals surface area contributed by atoms with E-state index in [0.717, 1.165) is 11.3 Å². The minimum atomic E-state index is -4.52. The Bertz CT molecular complexity index is 477. The van der Waals surface area contributed by atoms with Gasteiger partial charge in [-0.1, -0.05) is 13.3 Å². The molecule has 0 saturated heterocycles. The van der Waals surface area contributed by atoms with Crippen LogP contribution in [0.15, 0.2) is 29.4 Å². The molecule has 0 bridgehead atoms. The first-order chi connectivity index (χ1) is 9.93. The first kappa shape index (κ1) is 17.4. The molecule has 0 saturated carbocycles. The summed E-state index contributed by atoms with van der Waals surface area (Å²) >= 11 is 4.64. The number of phenols is 1. The van der Waals surface area contributed by atoms with Crippen molar-refractivity contribution < 1.29 is 18.3 Å². The van der Waals surface area contributed by atoms with E-state index in [9.17, 15) is 18.3 Å². The maximum atomic E-state index is 12.9. The normalized spacial score (nSPS) is 17.7. The second-order valence-electron chi connectivity index (χ2n) is 4.25. The Balaban J connectivity index is 0.00000106. The van der Waals surface area contributed by atoms with Crippen molar-refractivity contribution in [3.8, 4) is 5.75 Å². The summed E-state index contributed by atoms with van der Waals surface area (Å²) in [6, 6.07) is 5.58. The fourth-order valence-electron chi connectivity index (χ4n) is 1.98. The monoisotopic (exact) mass is 323 g/mol. The first-order valence-corrected chi connectivity index (χ1v) is 7.05. The van der Waals surface area contributed by atoms with Crippen molar-refractivity contribution in [2.24, 2.45) is 5.10 Å². The van der Waals surface area contributed by atoms with Crippen molar-refractivity contribution in [1.82, 2.24) is 5.43 Å². The van der Waals surface area contributed by atoms with Gasteiger partial charge in [0.05, 0.1) is 0 Å². The van der Waals surface area contributed by atoms with E-state index in [4.69, 9.17) is 0 Å². The van der Waals surface area contributed by atoms with Gasteiger partial charge in [0.25, 0.3) is 0 Å². The quantitative estimate of drug-likeness (QED) is 0.835. The highest BCUT2D eigenvalue weighted by Crippen LogP contribution is 2.30. The molecule has 0 spiro atoms. The Labute approximate surface area is 126 Å². The third-order valence-electron chi connectivity index (χ3n) is 2.80. The fraction of sp³-hybridized carbons (Fsp3) is 0.462. The predicted octanol–water partition coefficient (Wildman–Crippen LogP) is 3.66. The van der Waals surface area contributed by atoms with Gasteiger partial charge in [0.1, 0.15) is 11.9 Å². The highest BCUT2D eigenvalue weighted by atomic mass is 35.5. The van der Waals surface area contributed by atoms with Gasteiger partial charge >= 0.3 is 6.18 Å². The molecule has 0 amide bonds. The Morgan fingerprint density at radius 3 is 2.33 bits per heavy atom. The predicted molar refractivity (Wildman–Crippen MR) is 77.7 cm³/mol. The third kappa shape index (κ3) is 4.17. The van der Waals surface area contributed by atoms with Crippen molar-refractivity contribution >= 4 is 23.1 Å². The molecular weight excluding hydrogens is 307 g/mol. The molecule has 1 atom stereocenters. The maximum absolute atomic E-state index is 12.9. The van der Waals surface area contributed by atoms with E-state index in [1.54, 1.807) is 0 Å². The Kier molecular flexibility index (Phi) is 6.14. The number of anilines is 1. The van der Waals surface area contributed by atoms with Gasteiger partial charge in [0.15, 0.2) is 0 Å². The standard InChI is InChI=1S/C12H14F3N3O.CH3Cl/c1-2-3-10-16-17-11(12(13,14)15)18(10)8-4-6-9(19)7-5-8;1-2/h4-7,10,16,19H,2-3H2,1H3;1H3. The van der Waals surface area contributed by atoms with Crippen LogP contribution in [0.5, 0.6) is 5.75 Å². The number of nitrogens with one attached hydrogen (secondary N) is 1. The lowest BCUT2D eigenvalue weighted by molar-refractivity contribution is -0.0598. The molecule has 1 heterocycles. The number of halogens is 4. The molecule has 0 aliphatic carbocycles. The van der Waals surface area contributed by atoms with Crippen molar-refractivity contribution in [2.45, 2.75) is 32.1 Å². The van der Waals surface area contributed by atoms with Crippen molar-refractivity contribution in [3.05, 3.63) is 24.3 Å². The van der Waals surface area contributed by atoms with Gasteiger partial charge in [-0.2, -0.15) is 18.3 Å². The highest BCUT2D eigenvalue weighted by molar-refractivity contribution is 6.15. The van der Waals surface area contributed by atoms with Gasteiger partial charge in [-0.25, -0.2) is 0 Å². The minimum Gasteiger partial charge on any atom is -0.508 e. The smallest absolute Gasteiger partial charge is 0.451 e. The molecule has 4 nitrogen and oxygen atoms in total. The van der Waals surface area contributed by atoms with Crippen LogP contribution in [0.1, 0.15) is 19.8 Å². The first-order valence-electron chi connectivity index (χ1n) is 6.30. The van der Waals surface area contributed by atoms with Crippen LogP contribution in [-0.2, 0) is 0 Å². The molecule has 0 fully saturated rings. The van der Waals surface area contributed by atoms with E-state index in [0.29, 0.717) is 12.1 Å². The van der Waals surface area contributed by atoms with Crippen molar-refractivity contribution in [3.63, 3.8) is 0 Å². The number of benzene rings is 1. The molecule has 8 heteroatoms. The van der Waals surface area contributed by atoms with E-state index in [1.165, 1.54) is 30.6 Å². The molecular formula is C13H17ClF3N3O. The molecule has 0 radical (unpaired) electrons. The Hall–Kier alpha value is -1.63. The second kappa shape index (κ2) is 7.40. The summed E-state index contributed by atoms with van der Waals surface area (Å²) in [4.78, 5) is 1.11. The zero-order chi connectivity index (χ0) is 16.0. The largest absolute Gasteiger partial charge is 0.508 e. The number of hydrogen-bond donors (Lipinski definition) is 2. The van der Waals surface area contributed by atoms with Crippen molar-refractivity contribution in [2.75, 3.05) is 11.3 Å². The number of hydrazone groups is 1. The van der Waals surface area contributed by atoms with Gasteiger partial charge in [0.2, 0.25) is 5.84 Å². The summed E-state index contributed by atoms with van der Waals surface area (Å²) in [6.45, 7) is 1.89. The van der Waals surface area contributed by atoms with Gasteiger partial charge in [-0.05, 0) is 30.7 Å². The molecule has 1 unspecified atom stereocenters.